The molecule has 5 heteroatoms. The van der Waals surface area contributed by atoms with E-state index in [1.165, 1.54) is 18.5 Å². The summed E-state index contributed by atoms with van der Waals surface area (Å²) in [5.74, 6) is -0.528. The summed E-state index contributed by atoms with van der Waals surface area (Å²) >= 11 is 0. The van der Waals surface area contributed by atoms with Crippen LogP contribution in [0.3, 0.4) is 0 Å². The van der Waals surface area contributed by atoms with Crippen molar-refractivity contribution in [2.24, 2.45) is 5.92 Å². The van der Waals surface area contributed by atoms with Crippen molar-refractivity contribution in [3.8, 4) is 0 Å². The van der Waals surface area contributed by atoms with Crippen molar-refractivity contribution >= 4 is 18.0 Å². The summed E-state index contributed by atoms with van der Waals surface area (Å²) in [7, 11) is 0. The van der Waals surface area contributed by atoms with Crippen molar-refractivity contribution in [3.63, 3.8) is 0 Å². The first-order valence-corrected chi connectivity index (χ1v) is 6.21. The molecule has 2 heterocycles. The number of carboxylic acid groups (broad SMARTS) is 1. The normalized spacial score (nSPS) is 19.0. The first-order chi connectivity index (χ1) is 9.06. The summed E-state index contributed by atoms with van der Waals surface area (Å²) in [6.45, 7) is 3.67. The highest BCUT2D eigenvalue weighted by Gasteiger charge is 2.24. The summed E-state index contributed by atoms with van der Waals surface area (Å²) in [6.07, 6.45) is 6.53. The molecular weight excluding hydrogens is 244 g/mol. The Morgan fingerprint density at radius 2 is 2.26 bits per heavy atom. The number of nitrogens with zero attached hydrogens (tertiary/aromatic N) is 2. The third-order valence-corrected chi connectivity index (χ3v) is 3.14. The minimum Gasteiger partial charge on any atom is -0.478 e. The molecule has 100 valence electrons. The highest BCUT2D eigenvalue weighted by Crippen LogP contribution is 2.18. The van der Waals surface area contributed by atoms with E-state index >= 15 is 0 Å². The molecule has 1 aromatic rings. The molecule has 0 bridgehead atoms. The van der Waals surface area contributed by atoms with Crippen molar-refractivity contribution in [1.29, 1.82) is 0 Å². The Bertz CT molecular complexity index is 525. The lowest BCUT2D eigenvalue weighted by atomic mass is 10.1. The fraction of sp³-hybridized carbons (Fsp3) is 0.357. The van der Waals surface area contributed by atoms with Crippen molar-refractivity contribution in [2.45, 2.75) is 13.3 Å². The molecule has 0 spiro atoms. The molecule has 0 radical (unpaired) electrons. The highest BCUT2D eigenvalue weighted by molar-refractivity contribution is 5.95. The fourth-order valence-corrected chi connectivity index (χ4v) is 2.14. The van der Waals surface area contributed by atoms with Crippen LogP contribution in [0.4, 0.5) is 0 Å². The largest absolute Gasteiger partial charge is 0.478 e. The van der Waals surface area contributed by atoms with Crippen LogP contribution in [0, 0.1) is 5.92 Å². The van der Waals surface area contributed by atoms with Gasteiger partial charge in [-0.15, -0.1) is 0 Å². The van der Waals surface area contributed by atoms with Crippen LogP contribution in [-0.2, 0) is 4.79 Å². The van der Waals surface area contributed by atoms with Crippen LogP contribution < -0.4 is 0 Å². The van der Waals surface area contributed by atoms with Gasteiger partial charge in [-0.3, -0.25) is 9.78 Å². The van der Waals surface area contributed by atoms with E-state index in [1.54, 1.807) is 6.07 Å². The molecule has 0 saturated carbocycles. The molecule has 1 amide bonds. The quantitative estimate of drug-likeness (QED) is 0.839. The number of carbonyl (C=O) groups is 2. The van der Waals surface area contributed by atoms with Crippen LogP contribution in [0.25, 0.3) is 6.08 Å². The average molecular weight is 260 g/mol. The standard InChI is InChI=1S/C14H16N2O3/c1-10-4-5-16(9-10)14(19)12-6-11(7-15-8-12)2-3-13(17)18/h2-3,6-8,10H,4-5,9H2,1H3,(H,17,18). The van der Waals surface area contributed by atoms with E-state index in [-0.39, 0.29) is 5.91 Å². The van der Waals surface area contributed by atoms with Gasteiger partial charge in [0.15, 0.2) is 0 Å². The molecule has 2 rings (SSSR count). The van der Waals surface area contributed by atoms with Gasteiger partial charge in [-0.05, 0) is 30.0 Å². The van der Waals surface area contributed by atoms with Crippen molar-refractivity contribution < 1.29 is 14.7 Å². The van der Waals surface area contributed by atoms with E-state index in [2.05, 4.69) is 11.9 Å². The van der Waals surface area contributed by atoms with Gasteiger partial charge >= 0.3 is 5.97 Å². The zero-order valence-electron chi connectivity index (χ0n) is 10.7. The van der Waals surface area contributed by atoms with Crippen LogP contribution in [0.5, 0.6) is 0 Å². The molecular formula is C14H16N2O3. The number of likely N-dealkylation sites (tertiary alicyclic amines) is 1. The molecule has 1 aliphatic heterocycles. The summed E-state index contributed by atoms with van der Waals surface area (Å²) in [5, 5.41) is 8.57. The van der Waals surface area contributed by atoms with Crippen molar-refractivity contribution in [2.75, 3.05) is 13.1 Å². The van der Waals surface area contributed by atoms with Gasteiger partial charge in [0.2, 0.25) is 0 Å². The third kappa shape index (κ3) is 3.40. The maximum Gasteiger partial charge on any atom is 0.328 e. The molecule has 1 saturated heterocycles. The Balaban J connectivity index is 2.14. The molecule has 1 atom stereocenters. The van der Waals surface area contributed by atoms with Crippen LogP contribution in [0.15, 0.2) is 24.5 Å². The van der Waals surface area contributed by atoms with E-state index in [4.69, 9.17) is 5.11 Å². The van der Waals surface area contributed by atoms with Crippen LogP contribution in [0.1, 0.15) is 29.3 Å². The first kappa shape index (κ1) is 13.3. The number of carbonyl (C=O) groups excluding carboxylic acids is 1. The van der Waals surface area contributed by atoms with Gasteiger partial charge < -0.3 is 10.0 Å². The molecule has 1 fully saturated rings. The molecule has 0 aromatic carbocycles. The van der Waals surface area contributed by atoms with Gasteiger partial charge in [0, 0.05) is 31.6 Å². The fourth-order valence-electron chi connectivity index (χ4n) is 2.14. The Labute approximate surface area is 111 Å². The maximum absolute atomic E-state index is 12.2. The van der Waals surface area contributed by atoms with Gasteiger partial charge in [0.1, 0.15) is 0 Å². The van der Waals surface area contributed by atoms with Gasteiger partial charge in [0.25, 0.3) is 5.91 Å². The van der Waals surface area contributed by atoms with Crippen LogP contribution in [0.2, 0.25) is 0 Å². The van der Waals surface area contributed by atoms with Gasteiger partial charge in [0.05, 0.1) is 5.56 Å². The minimum absolute atomic E-state index is 0.0394. The van der Waals surface area contributed by atoms with E-state index in [0.29, 0.717) is 17.0 Å². The predicted molar refractivity (Wildman–Crippen MR) is 70.6 cm³/mol. The summed E-state index contributed by atoms with van der Waals surface area (Å²) in [4.78, 5) is 28.5. The number of carboxylic acids is 1. The summed E-state index contributed by atoms with van der Waals surface area (Å²) in [5.41, 5.74) is 1.11. The van der Waals surface area contributed by atoms with Crippen LogP contribution in [-0.4, -0.2) is 40.0 Å². The molecule has 19 heavy (non-hydrogen) atoms. The number of aromatic nitrogens is 1. The zero-order valence-corrected chi connectivity index (χ0v) is 10.7. The maximum atomic E-state index is 12.2. The molecule has 1 unspecified atom stereocenters. The number of rotatable bonds is 3. The number of aliphatic carboxylic acids is 1. The lowest BCUT2D eigenvalue weighted by molar-refractivity contribution is -0.131. The van der Waals surface area contributed by atoms with E-state index in [1.807, 2.05) is 4.90 Å². The molecule has 0 aliphatic carbocycles. The van der Waals surface area contributed by atoms with Gasteiger partial charge in [-0.25, -0.2) is 4.79 Å². The van der Waals surface area contributed by atoms with Crippen LogP contribution >= 0.6 is 0 Å². The minimum atomic E-state index is -1.02. The smallest absolute Gasteiger partial charge is 0.328 e. The van der Waals surface area contributed by atoms with Crippen molar-refractivity contribution in [1.82, 2.24) is 9.88 Å². The average Bonchev–Trinajstić information content (AvgIpc) is 2.82. The predicted octanol–water partition coefficient (Wildman–Crippen LogP) is 1.66. The number of amides is 1. The first-order valence-electron chi connectivity index (χ1n) is 6.21. The molecule has 1 aromatic heterocycles. The second-order valence-corrected chi connectivity index (χ2v) is 4.82. The third-order valence-electron chi connectivity index (χ3n) is 3.14. The second-order valence-electron chi connectivity index (χ2n) is 4.82. The SMILES string of the molecule is CC1CCN(C(=O)c2cncc(C=CC(=O)O)c2)C1. The van der Waals surface area contributed by atoms with E-state index in [9.17, 15) is 9.59 Å². The number of hydrogen-bond acceptors (Lipinski definition) is 3. The monoisotopic (exact) mass is 260 g/mol. The molecule has 1 aliphatic rings. The Morgan fingerprint density at radius 3 is 2.89 bits per heavy atom. The Kier molecular flexibility index (Phi) is 3.94. The highest BCUT2D eigenvalue weighted by atomic mass is 16.4. The molecule has 5 nitrogen and oxygen atoms in total. The second kappa shape index (κ2) is 5.65. The lowest BCUT2D eigenvalue weighted by Crippen LogP contribution is -2.28. The lowest BCUT2D eigenvalue weighted by Gasteiger charge is -2.15. The number of hydrogen-bond donors (Lipinski definition) is 1. The van der Waals surface area contributed by atoms with Gasteiger partial charge in [-0.2, -0.15) is 0 Å². The topological polar surface area (TPSA) is 70.5 Å². The van der Waals surface area contributed by atoms with E-state index in [0.717, 1.165) is 25.6 Å². The van der Waals surface area contributed by atoms with Crippen molar-refractivity contribution in [3.05, 3.63) is 35.7 Å². The van der Waals surface area contributed by atoms with Gasteiger partial charge in [-0.1, -0.05) is 6.92 Å². The Hall–Kier alpha value is -2.17. The Morgan fingerprint density at radius 1 is 1.47 bits per heavy atom. The summed E-state index contributed by atoms with van der Waals surface area (Å²) < 4.78 is 0. The summed E-state index contributed by atoms with van der Waals surface area (Å²) in [6, 6.07) is 1.66. The zero-order chi connectivity index (χ0) is 13.8. The molecule has 1 N–H and O–H groups in total. The van der Waals surface area contributed by atoms with E-state index < -0.39 is 5.97 Å². The number of pyridine rings is 1.